The Bertz CT molecular complexity index is 144. The smallest absolute Gasteiger partial charge is 0.202 e. The molecule has 5 heteroatoms. The zero-order valence-corrected chi connectivity index (χ0v) is 3.94. The summed E-state index contributed by atoms with van der Waals surface area (Å²) < 4.78 is 0.181. The minimum atomic E-state index is -0.778. The molecule has 0 saturated heterocycles. The molecule has 2 amide bonds. The molecule has 0 atom stereocenters. The van der Waals surface area contributed by atoms with Gasteiger partial charge in [0.05, 0.1) is 0 Å². The van der Waals surface area contributed by atoms with Gasteiger partial charge in [-0.2, -0.15) is 4.79 Å². The maximum absolute atomic E-state index is 10.2. The number of carbonyl (C=O) groups excluding carboxylic acids is 1. The van der Waals surface area contributed by atoms with E-state index in [1.165, 1.54) is 0 Å². The van der Waals surface area contributed by atoms with Gasteiger partial charge in [-0.3, -0.25) is 0 Å². The predicted molar refractivity (Wildman–Crippen MR) is 24.5 cm³/mol. The van der Waals surface area contributed by atoms with Gasteiger partial charge in [0.2, 0.25) is 13.0 Å². The highest BCUT2D eigenvalue weighted by Gasteiger charge is 2.24. The lowest BCUT2D eigenvalue weighted by atomic mass is 10.8. The van der Waals surface area contributed by atoms with Crippen LogP contribution >= 0.6 is 0 Å². The minimum Gasteiger partial charge on any atom is -0.202 e. The van der Waals surface area contributed by atoms with E-state index in [2.05, 4.69) is 10.3 Å². The summed E-state index contributed by atoms with van der Waals surface area (Å²) >= 11 is 0. The first-order chi connectivity index (χ1) is 3.80. The number of hydrogen-bond acceptors (Lipinski definition) is 3. The summed E-state index contributed by atoms with van der Waals surface area (Å²) in [6.07, 6.45) is 1.08. The van der Waals surface area contributed by atoms with Crippen LogP contribution in [0.1, 0.15) is 0 Å². The molecule has 1 heterocycles. The van der Waals surface area contributed by atoms with Crippen LogP contribution in [0.15, 0.2) is 4.99 Å². The summed E-state index contributed by atoms with van der Waals surface area (Å²) in [4.78, 5) is 23.7. The first-order valence-corrected chi connectivity index (χ1v) is 1.98. The van der Waals surface area contributed by atoms with Gasteiger partial charge >= 0.3 is 6.03 Å². The van der Waals surface area contributed by atoms with Crippen LogP contribution in [0.2, 0.25) is 0 Å². The number of urea groups is 1. The Morgan fingerprint density at radius 1 is 1.75 bits per heavy atom. The molecule has 0 N–H and O–H groups in total. The van der Waals surface area contributed by atoms with Gasteiger partial charge in [-0.15, -0.1) is 0 Å². The molecule has 0 aromatic carbocycles. The minimum absolute atomic E-state index is 0.123. The van der Waals surface area contributed by atoms with Gasteiger partial charge in [0.15, 0.2) is 0 Å². The predicted octanol–water partition coefficient (Wildman–Crippen LogP) is -0.511. The van der Waals surface area contributed by atoms with Crippen LogP contribution in [-0.4, -0.2) is 23.8 Å². The maximum Gasteiger partial charge on any atom is 0.581 e. The van der Waals surface area contributed by atoms with Crippen molar-refractivity contribution in [3.63, 3.8) is 0 Å². The fourth-order valence-electron chi connectivity index (χ4n) is 0.326. The summed E-state index contributed by atoms with van der Waals surface area (Å²) in [6.45, 7) is -0.123. The highest BCUT2D eigenvalue weighted by Crippen LogP contribution is 1.82. The second-order valence-electron chi connectivity index (χ2n) is 1.23. The Kier molecular flexibility index (Phi) is 1.03. The average Bonchev–Trinajstić information content (AvgIpc) is 1.77. The first kappa shape index (κ1) is 4.89. The monoisotopic (exact) mass is 113 g/mol. The standard InChI is InChI=1S/C3H3N3O2/c7-3-5-1-4-2-6(3)8/h1H,2H2/q+1. The average molecular weight is 113 g/mol. The molecule has 0 aliphatic carbocycles. The van der Waals surface area contributed by atoms with Gasteiger partial charge in [-0.1, -0.05) is 4.91 Å². The van der Waals surface area contributed by atoms with E-state index in [4.69, 9.17) is 0 Å². The molecule has 0 fully saturated rings. The lowest BCUT2D eigenvalue weighted by Gasteiger charge is -1.88. The van der Waals surface area contributed by atoms with Gasteiger partial charge in [0.25, 0.3) is 0 Å². The normalized spacial score (nSPS) is 18.5. The Morgan fingerprint density at radius 2 is 2.50 bits per heavy atom. The van der Waals surface area contributed by atoms with E-state index in [0.717, 1.165) is 6.34 Å². The van der Waals surface area contributed by atoms with Crippen LogP contribution in [0.25, 0.3) is 0 Å². The molecule has 0 spiro atoms. The second kappa shape index (κ2) is 1.69. The van der Waals surface area contributed by atoms with Crippen LogP contribution in [0, 0.1) is 4.91 Å². The number of aliphatic imine (C=N–C) groups is 1. The number of carbonyl (C=O) groups is 1. The topological polar surface area (TPSA) is 63.6 Å². The van der Waals surface area contributed by atoms with Crippen molar-refractivity contribution in [1.29, 1.82) is 0 Å². The molecule has 41 valence electrons. The number of hydrogen-bond donors (Lipinski definition) is 0. The summed E-state index contributed by atoms with van der Waals surface area (Å²) in [5.74, 6) is 0. The molecule has 1 radical (unpaired) electrons. The number of rotatable bonds is 0. The van der Waals surface area contributed by atoms with Crippen LogP contribution in [-0.2, 0) is 0 Å². The Morgan fingerprint density at radius 3 is 2.88 bits per heavy atom. The lowest BCUT2D eigenvalue weighted by Crippen LogP contribution is -2.29. The molecule has 1 aliphatic heterocycles. The van der Waals surface area contributed by atoms with Crippen LogP contribution in [0.4, 0.5) is 4.79 Å². The molecule has 0 unspecified atom stereocenters. The number of nitroso groups, excluding NO2 is 1. The van der Waals surface area contributed by atoms with E-state index in [0.29, 0.717) is 0 Å². The van der Waals surface area contributed by atoms with Gasteiger partial charge in [0, 0.05) is 10.1 Å². The molecular formula is C3H3N3O2+. The van der Waals surface area contributed by atoms with Crippen molar-refractivity contribution in [2.24, 2.45) is 4.99 Å². The van der Waals surface area contributed by atoms with E-state index in [1.54, 1.807) is 0 Å². The zero-order valence-electron chi connectivity index (χ0n) is 3.94. The third kappa shape index (κ3) is 0.699. The Labute approximate surface area is 45.0 Å². The van der Waals surface area contributed by atoms with E-state index < -0.39 is 6.03 Å². The molecule has 0 aromatic rings. The van der Waals surface area contributed by atoms with Crippen LogP contribution in [0.5, 0.6) is 0 Å². The van der Waals surface area contributed by atoms with Gasteiger partial charge < -0.3 is 0 Å². The van der Waals surface area contributed by atoms with E-state index in [1.807, 2.05) is 0 Å². The summed E-state index contributed by atoms with van der Waals surface area (Å²) in [5.41, 5.74) is 0. The lowest BCUT2D eigenvalue weighted by molar-refractivity contribution is -0.450. The number of amides is 2. The molecular weight excluding hydrogens is 110 g/mol. The van der Waals surface area contributed by atoms with E-state index in [-0.39, 0.29) is 11.4 Å². The summed E-state index contributed by atoms with van der Waals surface area (Å²) in [5, 5.41) is 3.09. The fraction of sp³-hybridized carbons (Fsp3) is 0.333. The van der Waals surface area contributed by atoms with Gasteiger partial charge in [0.1, 0.15) is 0 Å². The summed E-state index contributed by atoms with van der Waals surface area (Å²) in [7, 11) is 0. The van der Waals surface area contributed by atoms with E-state index in [9.17, 15) is 9.70 Å². The van der Waals surface area contributed by atoms with Crippen molar-refractivity contribution in [1.82, 2.24) is 5.32 Å². The van der Waals surface area contributed by atoms with Crippen molar-refractivity contribution in [3.8, 4) is 0 Å². The third-order valence-electron chi connectivity index (χ3n) is 0.673. The highest BCUT2D eigenvalue weighted by molar-refractivity contribution is 5.81. The first-order valence-electron chi connectivity index (χ1n) is 1.98. The van der Waals surface area contributed by atoms with E-state index >= 15 is 0 Å². The van der Waals surface area contributed by atoms with Crippen LogP contribution in [0.3, 0.4) is 0 Å². The van der Waals surface area contributed by atoms with Crippen molar-refractivity contribution >= 4 is 12.4 Å². The Hall–Kier alpha value is -1.26. The highest BCUT2D eigenvalue weighted by atomic mass is 16.3. The quantitative estimate of drug-likeness (QED) is 0.397. The molecule has 5 nitrogen and oxygen atoms in total. The van der Waals surface area contributed by atoms with Gasteiger partial charge in [-0.05, 0) is 0 Å². The zero-order chi connectivity index (χ0) is 5.98. The fourth-order valence-corrected chi connectivity index (χ4v) is 0.326. The summed E-state index contributed by atoms with van der Waals surface area (Å²) in [6, 6.07) is -0.778. The molecule has 0 bridgehead atoms. The van der Waals surface area contributed by atoms with Crippen molar-refractivity contribution in [2.75, 3.05) is 6.67 Å². The van der Waals surface area contributed by atoms with Crippen molar-refractivity contribution < 1.29 is 9.55 Å². The SMILES string of the molecule is O=C1[N]C=NC[N+]1=O. The largest absolute Gasteiger partial charge is 0.581 e. The third-order valence-corrected chi connectivity index (χ3v) is 0.673. The van der Waals surface area contributed by atoms with Gasteiger partial charge in [-0.25, -0.2) is 4.99 Å². The molecule has 0 aromatic heterocycles. The maximum atomic E-state index is 10.2. The van der Waals surface area contributed by atoms with Crippen LogP contribution < -0.4 is 5.32 Å². The molecule has 0 saturated carbocycles. The molecule has 1 aliphatic rings. The molecule has 1 rings (SSSR count). The van der Waals surface area contributed by atoms with Crippen molar-refractivity contribution in [2.45, 2.75) is 0 Å². The van der Waals surface area contributed by atoms with Crippen molar-refractivity contribution in [3.05, 3.63) is 4.91 Å². The molecule has 8 heavy (non-hydrogen) atoms. The number of nitrogens with zero attached hydrogens (tertiary/aromatic N) is 3. The Balaban J connectivity index is 2.71. The second-order valence-corrected chi connectivity index (χ2v) is 1.23.